The molecule has 162 valence electrons. The number of nitrogens with two attached hydrogens (primary N) is 1. The third kappa shape index (κ3) is 3.98. The normalized spacial score (nSPS) is 26.5. The summed E-state index contributed by atoms with van der Waals surface area (Å²) >= 11 is 0. The summed E-state index contributed by atoms with van der Waals surface area (Å²) in [5.41, 5.74) is 6.56. The van der Waals surface area contributed by atoms with Crippen molar-refractivity contribution in [2.75, 3.05) is 0 Å². The maximum atomic E-state index is 13.7. The number of primary amides is 1. The van der Waals surface area contributed by atoms with Gasteiger partial charge in [-0.2, -0.15) is 0 Å². The van der Waals surface area contributed by atoms with Crippen LogP contribution >= 0.6 is 0 Å². The first-order chi connectivity index (χ1) is 14.1. The highest BCUT2D eigenvalue weighted by Gasteiger charge is 2.44. The Kier molecular flexibility index (Phi) is 5.19. The van der Waals surface area contributed by atoms with E-state index in [1.165, 1.54) is 6.20 Å². The number of aromatic nitrogens is 2. The second-order valence-corrected chi connectivity index (χ2v) is 9.91. The van der Waals surface area contributed by atoms with E-state index in [9.17, 15) is 18.4 Å². The Balaban J connectivity index is 1.74. The van der Waals surface area contributed by atoms with Gasteiger partial charge in [0.1, 0.15) is 5.69 Å². The van der Waals surface area contributed by atoms with Crippen LogP contribution in [-0.4, -0.2) is 21.8 Å². The first-order valence-corrected chi connectivity index (χ1v) is 10.8. The Morgan fingerprint density at radius 3 is 2.57 bits per heavy atom. The Bertz CT molecular complexity index is 1020. The topological polar surface area (TPSA) is 88.8 Å². The molecular formula is C23H29F2N3O2. The molecule has 30 heavy (non-hydrogen) atoms. The Morgan fingerprint density at radius 1 is 1.20 bits per heavy atom. The Hall–Kier alpha value is -2.31. The van der Waals surface area contributed by atoms with Gasteiger partial charge in [-0.25, -0.2) is 8.78 Å². The van der Waals surface area contributed by atoms with Crippen LogP contribution in [0.5, 0.6) is 0 Å². The van der Waals surface area contributed by atoms with Gasteiger partial charge in [0.15, 0.2) is 5.43 Å². The molecule has 2 aromatic heterocycles. The molecule has 2 fully saturated rings. The Morgan fingerprint density at radius 2 is 1.90 bits per heavy atom. The molecule has 2 saturated carbocycles. The average Bonchev–Trinajstić information content (AvgIpc) is 2.67. The van der Waals surface area contributed by atoms with E-state index in [2.05, 4.69) is 23.8 Å². The highest BCUT2D eigenvalue weighted by Crippen LogP contribution is 2.52. The molecule has 2 aliphatic carbocycles. The first-order valence-electron chi connectivity index (χ1n) is 10.8. The Labute approximate surface area is 174 Å². The summed E-state index contributed by atoms with van der Waals surface area (Å²) in [6.07, 6.45) is 5.33. The van der Waals surface area contributed by atoms with Crippen molar-refractivity contribution in [2.24, 2.45) is 23.0 Å². The van der Waals surface area contributed by atoms with Crippen LogP contribution in [0.15, 0.2) is 23.1 Å². The van der Waals surface area contributed by atoms with Gasteiger partial charge in [0.25, 0.3) is 5.91 Å². The summed E-state index contributed by atoms with van der Waals surface area (Å²) in [4.78, 5) is 32.0. The van der Waals surface area contributed by atoms with Crippen LogP contribution in [0.25, 0.3) is 10.9 Å². The van der Waals surface area contributed by atoms with E-state index in [0.717, 1.165) is 25.0 Å². The predicted molar refractivity (Wildman–Crippen MR) is 112 cm³/mol. The molecule has 0 aliphatic heterocycles. The second-order valence-electron chi connectivity index (χ2n) is 9.91. The zero-order valence-corrected chi connectivity index (χ0v) is 17.5. The summed E-state index contributed by atoms with van der Waals surface area (Å²) in [6.45, 7) is 4.44. The number of amides is 1. The highest BCUT2D eigenvalue weighted by atomic mass is 19.3. The van der Waals surface area contributed by atoms with Crippen molar-refractivity contribution in [1.29, 1.82) is 0 Å². The van der Waals surface area contributed by atoms with E-state index in [-0.39, 0.29) is 52.5 Å². The van der Waals surface area contributed by atoms with Crippen LogP contribution in [0.3, 0.4) is 0 Å². The average molecular weight is 418 g/mol. The second kappa shape index (κ2) is 7.43. The number of hydrogen-bond donors (Lipinski definition) is 2. The highest BCUT2D eigenvalue weighted by molar-refractivity contribution is 6.03. The molecule has 0 saturated heterocycles. The van der Waals surface area contributed by atoms with E-state index in [4.69, 9.17) is 5.73 Å². The number of aromatic amines is 1. The van der Waals surface area contributed by atoms with Gasteiger partial charge in [-0.15, -0.1) is 0 Å². The number of rotatable bonds is 3. The minimum Gasteiger partial charge on any atom is -0.364 e. The molecule has 0 bridgehead atoms. The lowest BCUT2D eigenvalue weighted by Crippen LogP contribution is -2.37. The number of carbonyl (C=O) groups is 1. The van der Waals surface area contributed by atoms with Crippen molar-refractivity contribution >= 4 is 16.8 Å². The van der Waals surface area contributed by atoms with Crippen LogP contribution in [0, 0.1) is 17.3 Å². The number of nitrogens with one attached hydrogen (secondary N) is 1. The molecule has 4 rings (SSSR count). The summed E-state index contributed by atoms with van der Waals surface area (Å²) in [6, 6.07) is 3.24. The minimum atomic E-state index is -2.55. The van der Waals surface area contributed by atoms with E-state index in [1.54, 1.807) is 12.1 Å². The SMILES string of the molecule is CC1(C)CC[C@@H](C2CCC(F)(F)CC2)C(c2cc(=O)c3c(C(N)=O)nccc3[nH]2)C1. The van der Waals surface area contributed by atoms with Gasteiger partial charge in [0, 0.05) is 36.7 Å². The lowest BCUT2D eigenvalue weighted by molar-refractivity contribution is -0.0584. The van der Waals surface area contributed by atoms with Gasteiger partial charge in [-0.05, 0) is 55.4 Å². The summed E-state index contributed by atoms with van der Waals surface area (Å²) in [5, 5.41) is 0.206. The van der Waals surface area contributed by atoms with Crippen molar-refractivity contribution in [3.05, 3.63) is 39.9 Å². The minimum absolute atomic E-state index is 0.0321. The predicted octanol–water partition coefficient (Wildman–Crippen LogP) is 4.76. The quantitative estimate of drug-likeness (QED) is 0.755. The third-order valence-electron chi connectivity index (χ3n) is 7.21. The summed E-state index contributed by atoms with van der Waals surface area (Å²) in [5.74, 6) is -2.69. The van der Waals surface area contributed by atoms with Crippen LogP contribution in [0.2, 0.25) is 0 Å². The zero-order chi connectivity index (χ0) is 21.7. The number of alkyl halides is 2. The van der Waals surface area contributed by atoms with Crippen LogP contribution in [0.4, 0.5) is 8.78 Å². The number of hydrogen-bond acceptors (Lipinski definition) is 3. The molecule has 0 spiro atoms. The van der Waals surface area contributed by atoms with Gasteiger partial charge >= 0.3 is 0 Å². The van der Waals surface area contributed by atoms with E-state index < -0.39 is 11.8 Å². The molecule has 2 aliphatic rings. The molecule has 2 aromatic rings. The van der Waals surface area contributed by atoms with Gasteiger partial charge in [-0.3, -0.25) is 14.6 Å². The number of H-pyrrole nitrogens is 1. The van der Waals surface area contributed by atoms with Crippen LogP contribution in [0.1, 0.15) is 80.9 Å². The number of halogens is 2. The molecule has 0 aromatic carbocycles. The summed E-state index contributed by atoms with van der Waals surface area (Å²) in [7, 11) is 0. The van der Waals surface area contributed by atoms with Gasteiger partial charge in [0.2, 0.25) is 5.92 Å². The molecule has 1 unspecified atom stereocenters. The van der Waals surface area contributed by atoms with Crippen molar-refractivity contribution < 1.29 is 13.6 Å². The van der Waals surface area contributed by atoms with Gasteiger partial charge in [0.05, 0.1) is 10.9 Å². The monoisotopic (exact) mass is 417 g/mol. The smallest absolute Gasteiger partial charge is 0.268 e. The van der Waals surface area contributed by atoms with Crippen LogP contribution < -0.4 is 11.2 Å². The number of nitrogens with zero attached hydrogens (tertiary/aromatic N) is 1. The summed E-state index contributed by atoms with van der Waals surface area (Å²) < 4.78 is 27.5. The van der Waals surface area contributed by atoms with Crippen molar-refractivity contribution in [3.63, 3.8) is 0 Å². The number of pyridine rings is 2. The zero-order valence-electron chi connectivity index (χ0n) is 17.5. The van der Waals surface area contributed by atoms with Gasteiger partial charge < -0.3 is 10.7 Å². The largest absolute Gasteiger partial charge is 0.364 e. The van der Waals surface area contributed by atoms with Crippen molar-refractivity contribution in [2.45, 2.75) is 70.6 Å². The maximum absolute atomic E-state index is 13.7. The molecule has 2 atom stereocenters. The van der Waals surface area contributed by atoms with E-state index >= 15 is 0 Å². The molecule has 1 amide bonds. The maximum Gasteiger partial charge on any atom is 0.268 e. The van der Waals surface area contributed by atoms with E-state index in [1.807, 2.05) is 0 Å². The molecule has 2 heterocycles. The van der Waals surface area contributed by atoms with E-state index in [0.29, 0.717) is 18.4 Å². The lowest BCUT2D eigenvalue weighted by Gasteiger charge is -2.45. The lowest BCUT2D eigenvalue weighted by atomic mass is 9.60. The molecule has 3 N–H and O–H groups in total. The molecule has 7 heteroatoms. The molecular weight excluding hydrogens is 388 g/mol. The fraction of sp³-hybridized carbons (Fsp3) is 0.609. The third-order valence-corrected chi connectivity index (χ3v) is 7.21. The van der Waals surface area contributed by atoms with Crippen molar-refractivity contribution in [1.82, 2.24) is 9.97 Å². The fourth-order valence-electron chi connectivity index (χ4n) is 5.61. The standard InChI is InChI=1S/C23H29F2N3O2/c1-22(2)7-5-14(13-3-8-23(24,25)9-4-13)15(12-22)17-11-18(29)19-16(28-17)6-10-27-20(19)21(26)30/h6,10-11,13-15H,3-5,7-9,12H2,1-2H3,(H2,26,30)(H,28,29)/t14-,15?/m0/s1. The van der Waals surface area contributed by atoms with Crippen LogP contribution in [-0.2, 0) is 0 Å². The molecule has 5 nitrogen and oxygen atoms in total. The number of carbonyl (C=O) groups excluding carboxylic acids is 1. The van der Waals surface area contributed by atoms with Gasteiger partial charge in [-0.1, -0.05) is 13.8 Å². The molecule has 0 radical (unpaired) electrons. The van der Waals surface area contributed by atoms with Crippen molar-refractivity contribution in [3.8, 4) is 0 Å². The number of fused-ring (bicyclic) bond motifs is 1. The fourth-order valence-corrected chi connectivity index (χ4v) is 5.61. The first kappa shape index (κ1) is 20.9.